The van der Waals surface area contributed by atoms with Crippen molar-refractivity contribution in [1.29, 1.82) is 0 Å². The van der Waals surface area contributed by atoms with E-state index in [4.69, 9.17) is 5.73 Å². The monoisotopic (exact) mass is 282 g/mol. The Morgan fingerprint density at radius 3 is 2.38 bits per heavy atom. The topological polar surface area (TPSA) is 29.3 Å². The highest BCUT2D eigenvalue weighted by Crippen LogP contribution is 2.41. The van der Waals surface area contributed by atoms with Crippen LogP contribution in [0.15, 0.2) is 28.7 Å². The summed E-state index contributed by atoms with van der Waals surface area (Å²) in [5.74, 6) is 0. The lowest BCUT2D eigenvalue weighted by Gasteiger charge is -2.44. The summed E-state index contributed by atoms with van der Waals surface area (Å²) in [4.78, 5) is 2.32. The zero-order chi connectivity index (χ0) is 11.6. The Hall–Kier alpha value is -0.540. The van der Waals surface area contributed by atoms with Gasteiger partial charge in [0.1, 0.15) is 0 Å². The van der Waals surface area contributed by atoms with Crippen LogP contribution in [-0.4, -0.2) is 20.1 Å². The van der Waals surface area contributed by atoms with E-state index in [1.54, 1.807) is 0 Å². The summed E-state index contributed by atoms with van der Waals surface area (Å²) in [5, 5.41) is 0. The van der Waals surface area contributed by atoms with Crippen LogP contribution in [0.3, 0.4) is 0 Å². The number of rotatable bonds is 4. The van der Waals surface area contributed by atoms with E-state index >= 15 is 0 Å². The molecular formula is C13H19BrN2. The molecule has 1 saturated carbocycles. The Balaban J connectivity index is 2.02. The minimum atomic E-state index is 0.377. The zero-order valence-corrected chi connectivity index (χ0v) is 11.3. The highest BCUT2D eigenvalue weighted by molar-refractivity contribution is 9.10. The van der Waals surface area contributed by atoms with Crippen LogP contribution in [0, 0.1) is 5.41 Å². The van der Waals surface area contributed by atoms with Gasteiger partial charge >= 0.3 is 0 Å². The van der Waals surface area contributed by atoms with Crippen molar-refractivity contribution >= 4 is 21.6 Å². The lowest BCUT2D eigenvalue weighted by Crippen LogP contribution is -2.46. The molecule has 16 heavy (non-hydrogen) atoms. The minimum Gasteiger partial charge on any atom is -0.374 e. The van der Waals surface area contributed by atoms with Crippen LogP contribution in [0.5, 0.6) is 0 Å². The lowest BCUT2D eigenvalue weighted by molar-refractivity contribution is 0.154. The third kappa shape index (κ3) is 2.41. The van der Waals surface area contributed by atoms with Gasteiger partial charge in [-0.15, -0.1) is 0 Å². The molecule has 1 aliphatic rings. The van der Waals surface area contributed by atoms with Crippen LogP contribution in [0.1, 0.15) is 19.3 Å². The van der Waals surface area contributed by atoms with Gasteiger partial charge in [0.05, 0.1) is 0 Å². The van der Waals surface area contributed by atoms with E-state index in [9.17, 15) is 0 Å². The molecule has 2 rings (SSSR count). The molecular weight excluding hydrogens is 264 g/mol. The molecule has 88 valence electrons. The largest absolute Gasteiger partial charge is 0.374 e. The predicted molar refractivity (Wildman–Crippen MR) is 72.8 cm³/mol. The summed E-state index contributed by atoms with van der Waals surface area (Å²) < 4.78 is 1.13. The molecule has 2 nitrogen and oxygen atoms in total. The molecule has 1 aliphatic carbocycles. The van der Waals surface area contributed by atoms with Crippen LogP contribution in [0.25, 0.3) is 0 Å². The van der Waals surface area contributed by atoms with Crippen molar-refractivity contribution in [1.82, 2.24) is 0 Å². The van der Waals surface area contributed by atoms with Gasteiger partial charge in [-0.1, -0.05) is 22.4 Å². The predicted octanol–water partition coefficient (Wildman–Crippen LogP) is 3.01. The molecule has 0 saturated heterocycles. The first-order chi connectivity index (χ1) is 7.65. The molecule has 0 aromatic heterocycles. The second-order valence-corrected chi connectivity index (χ2v) is 5.81. The van der Waals surface area contributed by atoms with Gasteiger partial charge in [0.2, 0.25) is 0 Å². The Labute approximate surface area is 106 Å². The van der Waals surface area contributed by atoms with Gasteiger partial charge < -0.3 is 10.6 Å². The maximum Gasteiger partial charge on any atom is 0.0364 e. The number of hydrogen-bond donors (Lipinski definition) is 1. The third-order valence-electron chi connectivity index (χ3n) is 3.69. The van der Waals surface area contributed by atoms with Crippen molar-refractivity contribution in [3.8, 4) is 0 Å². The van der Waals surface area contributed by atoms with Crippen molar-refractivity contribution in [2.75, 3.05) is 25.0 Å². The standard InChI is InChI=1S/C13H19BrN2/c1-16(10-13(9-15)7-2-8-13)12-5-3-11(14)4-6-12/h3-6H,2,7-10,15H2,1H3. The van der Waals surface area contributed by atoms with Crippen molar-refractivity contribution in [2.45, 2.75) is 19.3 Å². The van der Waals surface area contributed by atoms with Crippen molar-refractivity contribution in [2.24, 2.45) is 11.1 Å². The van der Waals surface area contributed by atoms with Gasteiger partial charge in [-0.3, -0.25) is 0 Å². The summed E-state index contributed by atoms with van der Waals surface area (Å²) in [6.45, 7) is 1.89. The number of anilines is 1. The Kier molecular flexibility index (Phi) is 3.55. The van der Waals surface area contributed by atoms with E-state index in [1.807, 2.05) is 0 Å². The number of benzene rings is 1. The normalized spacial score (nSPS) is 17.9. The third-order valence-corrected chi connectivity index (χ3v) is 4.22. The van der Waals surface area contributed by atoms with Crippen LogP contribution in [-0.2, 0) is 0 Å². The molecule has 1 fully saturated rings. The summed E-state index contributed by atoms with van der Waals surface area (Å²) in [7, 11) is 2.15. The first-order valence-electron chi connectivity index (χ1n) is 5.82. The molecule has 3 heteroatoms. The van der Waals surface area contributed by atoms with E-state index in [0.29, 0.717) is 5.41 Å². The molecule has 0 atom stereocenters. The molecule has 0 aliphatic heterocycles. The van der Waals surface area contributed by atoms with E-state index < -0.39 is 0 Å². The number of nitrogens with zero attached hydrogens (tertiary/aromatic N) is 1. The first kappa shape index (κ1) is 11.9. The van der Waals surface area contributed by atoms with Crippen molar-refractivity contribution in [3.63, 3.8) is 0 Å². The molecule has 0 radical (unpaired) electrons. The van der Waals surface area contributed by atoms with Crippen LogP contribution in [0.4, 0.5) is 5.69 Å². The summed E-state index contributed by atoms with van der Waals surface area (Å²) in [6.07, 6.45) is 3.90. The van der Waals surface area contributed by atoms with Crippen molar-refractivity contribution < 1.29 is 0 Å². The second-order valence-electron chi connectivity index (χ2n) is 4.89. The van der Waals surface area contributed by atoms with E-state index in [0.717, 1.165) is 17.6 Å². The van der Waals surface area contributed by atoms with Crippen LogP contribution in [0.2, 0.25) is 0 Å². The number of hydrogen-bond acceptors (Lipinski definition) is 2. The molecule has 0 spiro atoms. The highest BCUT2D eigenvalue weighted by atomic mass is 79.9. The van der Waals surface area contributed by atoms with Gasteiger partial charge in [-0.25, -0.2) is 0 Å². The average Bonchev–Trinajstić information content (AvgIpc) is 2.24. The highest BCUT2D eigenvalue weighted by Gasteiger charge is 2.36. The molecule has 0 heterocycles. The fourth-order valence-electron chi connectivity index (χ4n) is 2.39. The fraction of sp³-hybridized carbons (Fsp3) is 0.538. The molecule has 1 aromatic carbocycles. The summed E-state index contributed by atoms with van der Waals surface area (Å²) in [5.41, 5.74) is 7.53. The van der Waals surface area contributed by atoms with Crippen LogP contribution >= 0.6 is 15.9 Å². The molecule has 0 amide bonds. The Bertz CT molecular complexity index is 338. The smallest absolute Gasteiger partial charge is 0.0364 e. The van der Waals surface area contributed by atoms with Gasteiger partial charge in [-0.2, -0.15) is 0 Å². The quantitative estimate of drug-likeness (QED) is 0.920. The Morgan fingerprint density at radius 2 is 1.94 bits per heavy atom. The molecule has 1 aromatic rings. The van der Waals surface area contributed by atoms with Gasteiger partial charge in [0.15, 0.2) is 0 Å². The van der Waals surface area contributed by atoms with E-state index in [1.165, 1.54) is 24.9 Å². The van der Waals surface area contributed by atoms with E-state index in [-0.39, 0.29) is 0 Å². The minimum absolute atomic E-state index is 0.377. The average molecular weight is 283 g/mol. The lowest BCUT2D eigenvalue weighted by atomic mass is 9.68. The molecule has 0 bridgehead atoms. The maximum atomic E-state index is 5.89. The molecule has 2 N–H and O–H groups in total. The van der Waals surface area contributed by atoms with Gasteiger partial charge in [0.25, 0.3) is 0 Å². The fourth-order valence-corrected chi connectivity index (χ4v) is 2.66. The summed E-state index contributed by atoms with van der Waals surface area (Å²) >= 11 is 3.46. The SMILES string of the molecule is CN(CC1(CN)CCC1)c1ccc(Br)cc1. The molecule has 0 unspecified atom stereocenters. The van der Waals surface area contributed by atoms with E-state index in [2.05, 4.69) is 52.1 Å². The second kappa shape index (κ2) is 4.76. The summed E-state index contributed by atoms with van der Waals surface area (Å²) in [6, 6.07) is 8.46. The van der Waals surface area contributed by atoms with Gasteiger partial charge in [-0.05, 0) is 43.7 Å². The number of nitrogens with two attached hydrogens (primary N) is 1. The van der Waals surface area contributed by atoms with Crippen LogP contribution < -0.4 is 10.6 Å². The first-order valence-corrected chi connectivity index (χ1v) is 6.61. The zero-order valence-electron chi connectivity index (χ0n) is 9.75. The Morgan fingerprint density at radius 1 is 1.31 bits per heavy atom. The van der Waals surface area contributed by atoms with Crippen molar-refractivity contribution in [3.05, 3.63) is 28.7 Å². The van der Waals surface area contributed by atoms with Gasteiger partial charge in [0, 0.05) is 29.2 Å². The maximum absolute atomic E-state index is 5.89. The number of halogens is 1.